The maximum Gasteiger partial charge on any atom is 0.420 e. The lowest BCUT2D eigenvalue weighted by Crippen LogP contribution is -2.15. The number of benzene rings is 1. The van der Waals surface area contributed by atoms with Crippen LogP contribution in [-0.2, 0) is 0 Å². The molecule has 0 spiro atoms. The summed E-state index contributed by atoms with van der Waals surface area (Å²) >= 11 is 0. The number of nitrogens with zero attached hydrogens (tertiary/aromatic N) is 2. The highest BCUT2D eigenvalue weighted by molar-refractivity contribution is 5.81. The molecule has 0 aliphatic heterocycles. The first-order valence-electron chi connectivity index (χ1n) is 7.17. The van der Waals surface area contributed by atoms with Crippen molar-refractivity contribution < 1.29 is 9.15 Å². The summed E-state index contributed by atoms with van der Waals surface area (Å²) in [5.74, 6) is 0.261. The monoisotopic (exact) mass is 298 g/mol. The zero-order chi connectivity index (χ0) is 15.9. The van der Waals surface area contributed by atoms with Gasteiger partial charge in [0, 0.05) is 23.9 Å². The molecule has 0 unspecified atom stereocenters. The van der Waals surface area contributed by atoms with E-state index in [1.165, 1.54) is 0 Å². The number of hydrogen-bond donors (Lipinski definition) is 0. The number of oxazole rings is 1. The molecule has 22 heavy (non-hydrogen) atoms. The van der Waals surface area contributed by atoms with Gasteiger partial charge in [0.05, 0.1) is 12.6 Å². The van der Waals surface area contributed by atoms with Crippen LogP contribution in [0.5, 0.6) is 5.88 Å². The van der Waals surface area contributed by atoms with E-state index >= 15 is 0 Å². The van der Waals surface area contributed by atoms with Crippen molar-refractivity contribution in [2.45, 2.75) is 26.8 Å². The van der Waals surface area contributed by atoms with Crippen molar-refractivity contribution in [3.05, 3.63) is 46.6 Å². The lowest BCUT2D eigenvalue weighted by Gasteiger charge is -2.09. The van der Waals surface area contributed by atoms with Crippen LogP contribution in [0.15, 0.2) is 39.7 Å². The molecule has 0 bridgehead atoms. The molecular formula is C17H18N2O3. The molecule has 0 aliphatic carbocycles. The van der Waals surface area contributed by atoms with Crippen LogP contribution in [0.1, 0.15) is 25.5 Å². The maximum absolute atomic E-state index is 11.9. The van der Waals surface area contributed by atoms with Gasteiger partial charge in [-0.25, -0.2) is 9.78 Å². The summed E-state index contributed by atoms with van der Waals surface area (Å²) < 4.78 is 12.1. The Hall–Kier alpha value is -2.56. The Balaban J connectivity index is 2.20. The highest BCUT2D eigenvalue weighted by Crippen LogP contribution is 2.28. The van der Waals surface area contributed by atoms with Gasteiger partial charge in [0.1, 0.15) is 0 Å². The van der Waals surface area contributed by atoms with E-state index in [0.717, 1.165) is 22.2 Å². The molecule has 0 atom stereocenters. The van der Waals surface area contributed by atoms with Crippen molar-refractivity contribution in [3.8, 4) is 17.0 Å². The second-order valence-electron chi connectivity index (χ2n) is 5.56. The van der Waals surface area contributed by atoms with Gasteiger partial charge in [-0.1, -0.05) is 6.07 Å². The Morgan fingerprint density at radius 2 is 2.05 bits per heavy atom. The van der Waals surface area contributed by atoms with Crippen molar-refractivity contribution in [3.63, 3.8) is 0 Å². The molecule has 5 nitrogen and oxygen atoms in total. The third-order valence-corrected chi connectivity index (χ3v) is 3.73. The van der Waals surface area contributed by atoms with Crippen molar-refractivity contribution in [2.24, 2.45) is 0 Å². The predicted octanol–water partition coefficient (Wildman–Crippen LogP) is 3.55. The van der Waals surface area contributed by atoms with Crippen molar-refractivity contribution in [1.29, 1.82) is 0 Å². The molecule has 0 fully saturated rings. The Morgan fingerprint density at radius 3 is 2.68 bits per heavy atom. The first-order valence-corrected chi connectivity index (χ1v) is 7.17. The van der Waals surface area contributed by atoms with E-state index in [4.69, 9.17) is 9.15 Å². The molecule has 0 saturated heterocycles. The molecule has 114 valence electrons. The molecule has 0 aliphatic rings. The Bertz CT molecular complexity index is 891. The summed E-state index contributed by atoms with van der Waals surface area (Å²) in [6.45, 7) is 5.93. The number of fused-ring (bicyclic) bond motifs is 1. The number of pyridine rings is 1. The molecule has 3 aromatic rings. The maximum atomic E-state index is 11.9. The van der Waals surface area contributed by atoms with Gasteiger partial charge in [-0.05, 0) is 44.0 Å². The summed E-state index contributed by atoms with van der Waals surface area (Å²) in [5.41, 5.74) is 4.46. The van der Waals surface area contributed by atoms with Crippen LogP contribution in [0.25, 0.3) is 22.2 Å². The van der Waals surface area contributed by atoms with Crippen molar-refractivity contribution >= 4 is 11.1 Å². The fraction of sp³-hybridized carbons (Fsp3) is 0.294. The number of aromatic nitrogens is 2. The minimum Gasteiger partial charge on any atom is -0.481 e. The van der Waals surface area contributed by atoms with E-state index in [2.05, 4.69) is 4.98 Å². The third-order valence-electron chi connectivity index (χ3n) is 3.73. The van der Waals surface area contributed by atoms with E-state index in [-0.39, 0.29) is 11.8 Å². The SMILES string of the molecule is COc1cc(C)c(-c2ccc3oc(=O)n(C(C)C)c3c2)cn1. The van der Waals surface area contributed by atoms with Gasteiger partial charge < -0.3 is 9.15 Å². The van der Waals surface area contributed by atoms with Gasteiger partial charge in [0.2, 0.25) is 5.88 Å². The molecule has 2 aromatic heterocycles. The van der Waals surface area contributed by atoms with Crippen molar-refractivity contribution in [1.82, 2.24) is 9.55 Å². The fourth-order valence-electron chi connectivity index (χ4n) is 2.63. The summed E-state index contributed by atoms with van der Waals surface area (Å²) in [6.07, 6.45) is 1.78. The summed E-state index contributed by atoms with van der Waals surface area (Å²) in [5, 5.41) is 0. The quantitative estimate of drug-likeness (QED) is 0.742. The zero-order valence-electron chi connectivity index (χ0n) is 13.1. The lowest BCUT2D eigenvalue weighted by molar-refractivity contribution is 0.397. The smallest absolute Gasteiger partial charge is 0.420 e. The van der Waals surface area contributed by atoms with Crippen LogP contribution in [0.4, 0.5) is 0 Å². The lowest BCUT2D eigenvalue weighted by atomic mass is 10.0. The number of ether oxygens (including phenoxy) is 1. The second kappa shape index (κ2) is 5.33. The van der Waals surface area contributed by atoms with Crippen LogP contribution < -0.4 is 10.5 Å². The fourth-order valence-corrected chi connectivity index (χ4v) is 2.63. The first kappa shape index (κ1) is 14.4. The number of rotatable bonds is 3. The average Bonchev–Trinajstić information content (AvgIpc) is 2.82. The number of methoxy groups -OCH3 is 1. The first-order chi connectivity index (χ1) is 10.5. The highest BCUT2D eigenvalue weighted by atomic mass is 16.5. The van der Waals surface area contributed by atoms with E-state index in [1.807, 2.05) is 45.0 Å². The van der Waals surface area contributed by atoms with Crippen LogP contribution in [0, 0.1) is 6.92 Å². The Kier molecular flexibility index (Phi) is 3.48. The zero-order valence-corrected chi connectivity index (χ0v) is 13.1. The summed E-state index contributed by atoms with van der Waals surface area (Å²) in [7, 11) is 1.60. The Labute approximate surface area is 128 Å². The molecule has 0 N–H and O–H groups in total. The van der Waals surface area contributed by atoms with E-state index in [9.17, 15) is 4.79 Å². The molecule has 0 radical (unpaired) electrons. The predicted molar refractivity (Wildman–Crippen MR) is 85.4 cm³/mol. The molecule has 1 aromatic carbocycles. The minimum atomic E-state index is -0.327. The van der Waals surface area contributed by atoms with Gasteiger partial charge in [-0.2, -0.15) is 0 Å². The Morgan fingerprint density at radius 1 is 1.27 bits per heavy atom. The van der Waals surface area contributed by atoms with Gasteiger partial charge in [-0.3, -0.25) is 4.57 Å². The third kappa shape index (κ3) is 2.28. The highest BCUT2D eigenvalue weighted by Gasteiger charge is 2.14. The van der Waals surface area contributed by atoms with E-state index in [0.29, 0.717) is 11.5 Å². The normalized spacial score (nSPS) is 11.3. The topological polar surface area (TPSA) is 57.3 Å². The van der Waals surface area contributed by atoms with E-state index < -0.39 is 0 Å². The van der Waals surface area contributed by atoms with Gasteiger partial charge >= 0.3 is 5.76 Å². The minimum absolute atomic E-state index is 0.0408. The van der Waals surface area contributed by atoms with Gasteiger partial charge in [0.15, 0.2) is 5.58 Å². The van der Waals surface area contributed by atoms with Crippen LogP contribution >= 0.6 is 0 Å². The van der Waals surface area contributed by atoms with Crippen LogP contribution in [-0.4, -0.2) is 16.7 Å². The molecule has 0 saturated carbocycles. The number of aryl methyl sites for hydroxylation is 1. The van der Waals surface area contributed by atoms with Gasteiger partial charge in [-0.15, -0.1) is 0 Å². The van der Waals surface area contributed by atoms with Crippen LogP contribution in [0.3, 0.4) is 0 Å². The molecule has 3 rings (SSSR count). The largest absolute Gasteiger partial charge is 0.481 e. The average molecular weight is 298 g/mol. The second-order valence-corrected chi connectivity index (χ2v) is 5.56. The summed E-state index contributed by atoms with van der Waals surface area (Å²) in [4.78, 5) is 16.2. The molecule has 0 amide bonds. The number of hydrogen-bond acceptors (Lipinski definition) is 4. The molecule has 5 heteroatoms. The molecule has 2 heterocycles. The van der Waals surface area contributed by atoms with Crippen LogP contribution in [0.2, 0.25) is 0 Å². The summed E-state index contributed by atoms with van der Waals surface area (Å²) in [6, 6.07) is 7.67. The van der Waals surface area contributed by atoms with Crippen molar-refractivity contribution in [2.75, 3.05) is 7.11 Å². The van der Waals surface area contributed by atoms with Gasteiger partial charge in [0.25, 0.3) is 0 Å². The standard InChI is InChI=1S/C17H18N2O3/c1-10(2)19-14-8-12(5-6-15(14)22-17(19)20)13-9-18-16(21-4)7-11(13)3/h5-10H,1-4H3. The van der Waals surface area contributed by atoms with E-state index in [1.54, 1.807) is 17.9 Å². The molecular weight excluding hydrogens is 280 g/mol.